The summed E-state index contributed by atoms with van der Waals surface area (Å²) >= 11 is 0. The Labute approximate surface area is 124 Å². The van der Waals surface area contributed by atoms with Gasteiger partial charge in [-0.15, -0.1) is 0 Å². The number of anilines is 2. The van der Waals surface area contributed by atoms with Crippen molar-refractivity contribution in [2.75, 3.05) is 10.6 Å². The van der Waals surface area contributed by atoms with Crippen LogP contribution in [-0.4, -0.2) is 37.7 Å². The van der Waals surface area contributed by atoms with Crippen LogP contribution in [0.4, 0.5) is 11.4 Å². The number of aliphatic hydroxyl groups is 1. The number of benzene rings is 2. The number of carbonyl (C=O) groups excluding carboxylic acids is 1. The molecule has 1 unspecified atom stereocenters. The fourth-order valence-electron chi connectivity index (χ4n) is 1.65. The number of carbonyl (C=O) groups is 1. The van der Waals surface area contributed by atoms with Crippen LogP contribution in [-0.2, 0) is 4.79 Å². The van der Waals surface area contributed by atoms with E-state index in [0.717, 1.165) is 12.1 Å². The molecule has 2 aromatic carbocycles. The number of aliphatic hydroxyl groups excluding tert-OH is 1. The summed E-state index contributed by atoms with van der Waals surface area (Å²) in [4.78, 5) is 11.8. The minimum absolute atomic E-state index is 0.176. The van der Waals surface area contributed by atoms with E-state index >= 15 is 0 Å². The molecule has 0 saturated carbocycles. The van der Waals surface area contributed by atoms with Gasteiger partial charge in [0.2, 0.25) is 6.23 Å². The third-order valence-electron chi connectivity index (χ3n) is 2.77. The lowest BCUT2D eigenvalue weighted by Crippen LogP contribution is -2.34. The van der Waals surface area contributed by atoms with Crippen molar-refractivity contribution in [3.63, 3.8) is 0 Å². The molecule has 2 rings (SSSR count). The SMILES string of the molecule is O=C(Nc1ccc(O)c(O)c1)C(O)Nc1ccc(O)c(O)c1. The molecule has 0 aliphatic heterocycles. The Hall–Kier alpha value is -3.13. The number of aromatic hydroxyl groups is 4. The van der Waals surface area contributed by atoms with Crippen molar-refractivity contribution in [2.24, 2.45) is 0 Å². The maximum absolute atomic E-state index is 11.8. The van der Waals surface area contributed by atoms with Crippen molar-refractivity contribution in [3.05, 3.63) is 36.4 Å². The van der Waals surface area contributed by atoms with Crippen LogP contribution in [0.2, 0.25) is 0 Å². The molecular formula is C14H14N2O6. The van der Waals surface area contributed by atoms with E-state index in [9.17, 15) is 20.1 Å². The predicted molar refractivity (Wildman–Crippen MR) is 77.8 cm³/mol. The first kappa shape index (κ1) is 15.3. The minimum atomic E-state index is -1.64. The average molecular weight is 306 g/mol. The Kier molecular flexibility index (Phi) is 4.23. The second-order valence-electron chi connectivity index (χ2n) is 4.44. The lowest BCUT2D eigenvalue weighted by Gasteiger charge is -2.15. The fraction of sp³-hybridized carbons (Fsp3) is 0.0714. The number of hydrogen-bond donors (Lipinski definition) is 7. The third-order valence-corrected chi connectivity index (χ3v) is 2.77. The molecule has 1 atom stereocenters. The molecule has 0 fully saturated rings. The highest BCUT2D eigenvalue weighted by atomic mass is 16.3. The highest BCUT2D eigenvalue weighted by Gasteiger charge is 2.16. The van der Waals surface area contributed by atoms with Gasteiger partial charge in [0.1, 0.15) is 0 Å². The summed E-state index contributed by atoms with van der Waals surface area (Å²) in [5, 5.41) is 51.4. The molecular weight excluding hydrogens is 292 g/mol. The van der Waals surface area contributed by atoms with Crippen LogP contribution in [0.1, 0.15) is 0 Å². The van der Waals surface area contributed by atoms with E-state index in [4.69, 9.17) is 10.2 Å². The van der Waals surface area contributed by atoms with Crippen LogP contribution in [0.5, 0.6) is 23.0 Å². The summed E-state index contributed by atoms with van der Waals surface area (Å²) in [6.07, 6.45) is -1.64. The molecule has 0 aromatic heterocycles. The molecule has 0 radical (unpaired) electrons. The molecule has 2 aromatic rings. The molecule has 0 heterocycles. The predicted octanol–water partition coefficient (Wildman–Crippen LogP) is 0.878. The number of nitrogens with one attached hydrogen (secondary N) is 2. The Morgan fingerprint density at radius 2 is 1.32 bits per heavy atom. The molecule has 0 bridgehead atoms. The van der Waals surface area contributed by atoms with E-state index in [2.05, 4.69) is 10.6 Å². The Bertz CT molecular complexity index is 704. The summed E-state index contributed by atoms with van der Waals surface area (Å²) in [5.74, 6) is -2.30. The van der Waals surface area contributed by atoms with E-state index in [0.29, 0.717) is 0 Å². The molecule has 8 heteroatoms. The van der Waals surface area contributed by atoms with E-state index in [-0.39, 0.29) is 22.9 Å². The van der Waals surface area contributed by atoms with Gasteiger partial charge in [0.15, 0.2) is 23.0 Å². The van der Waals surface area contributed by atoms with Gasteiger partial charge in [-0.25, -0.2) is 0 Å². The number of rotatable bonds is 4. The molecule has 7 N–H and O–H groups in total. The minimum Gasteiger partial charge on any atom is -0.504 e. The van der Waals surface area contributed by atoms with Gasteiger partial charge in [0, 0.05) is 23.5 Å². The zero-order chi connectivity index (χ0) is 16.3. The number of phenolic OH excluding ortho intramolecular Hbond substituents is 4. The smallest absolute Gasteiger partial charge is 0.274 e. The molecule has 0 spiro atoms. The van der Waals surface area contributed by atoms with Crippen molar-refractivity contribution in [2.45, 2.75) is 6.23 Å². The topological polar surface area (TPSA) is 142 Å². The highest BCUT2D eigenvalue weighted by Crippen LogP contribution is 2.28. The fourth-order valence-corrected chi connectivity index (χ4v) is 1.65. The summed E-state index contributed by atoms with van der Waals surface area (Å²) in [6.45, 7) is 0. The van der Waals surface area contributed by atoms with Crippen molar-refractivity contribution in [3.8, 4) is 23.0 Å². The summed E-state index contributed by atoms with van der Waals surface area (Å²) < 4.78 is 0. The normalized spacial score (nSPS) is 11.7. The third kappa shape index (κ3) is 3.49. The van der Waals surface area contributed by atoms with Crippen LogP contribution >= 0.6 is 0 Å². The lowest BCUT2D eigenvalue weighted by molar-refractivity contribution is -0.122. The van der Waals surface area contributed by atoms with Gasteiger partial charge in [0.25, 0.3) is 5.91 Å². The van der Waals surface area contributed by atoms with Crippen LogP contribution in [0.15, 0.2) is 36.4 Å². The van der Waals surface area contributed by atoms with E-state index in [1.54, 1.807) is 0 Å². The van der Waals surface area contributed by atoms with Gasteiger partial charge in [-0.2, -0.15) is 0 Å². The van der Waals surface area contributed by atoms with Gasteiger partial charge in [0.05, 0.1) is 0 Å². The Morgan fingerprint density at radius 3 is 1.86 bits per heavy atom. The Balaban J connectivity index is 2.02. The highest BCUT2D eigenvalue weighted by molar-refractivity contribution is 5.95. The summed E-state index contributed by atoms with van der Waals surface area (Å²) in [5.41, 5.74) is 0.390. The van der Waals surface area contributed by atoms with E-state index < -0.39 is 23.6 Å². The van der Waals surface area contributed by atoms with Crippen LogP contribution in [0.3, 0.4) is 0 Å². The van der Waals surface area contributed by atoms with Crippen molar-refractivity contribution < 1.29 is 30.3 Å². The van der Waals surface area contributed by atoms with Crippen molar-refractivity contribution >= 4 is 17.3 Å². The first-order chi connectivity index (χ1) is 10.4. The van der Waals surface area contributed by atoms with Crippen LogP contribution < -0.4 is 10.6 Å². The average Bonchev–Trinajstić information content (AvgIpc) is 2.46. The standard InChI is InChI=1S/C14H14N2O6/c17-9-3-1-7(5-11(9)19)15-13(21)14(22)16-8-2-4-10(18)12(20)6-8/h1-6,13,15,17-21H,(H,16,22). The van der Waals surface area contributed by atoms with Gasteiger partial charge in [-0.1, -0.05) is 0 Å². The van der Waals surface area contributed by atoms with Gasteiger partial charge in [-0.05, 0) is 24.3 Å². The maximum Gasteiger partial charge on any atom is 0.274 e. The van der Waals surface area contributed by atoms with Gasteiger partial charge >= 0.3 is 0 Å². The maximum atomic E-state index is 11.8. The molecule has 8 nitrogen and oxygen atoms in total. The van der Waals surface area contributed by atoms with Crippen LogP contribution in [0.25, 0.3) is 0 Å². The molecule has 22 heavy (non-hydrogen) atoms. The van der Waals surface area contributed by atoms with Crippen molar-refractivity contribution in [1.29, 1.82) is 0 Å². The number of phenols is 4. The monoisotopic (exact) mass is 306 g/mol. The summed E-state index contributed by atoms with van der Waals surface area (Å²) in [6, 6.07) is 7.33. The zero-order valence-electron chi connectivity index (χ0n) is 11.2. The summed E-state index contributed by atoms with van der Waals surface area (Å²) in [7, 11) is 0. The number of hydrogen-bond acceptors (Lipinski definition) is 7. The molecule has 0 saturated heterocycles. The first-order valence-electron chi connectivity index (χ1n) is 6.16. The zero-order valence-corrected chi connectivity index (χ0v) is 11.2. The van der Waals surface area contributed by atoms with Gasteiger partial charge in [-0.3, -0.25) is 4.79 Å². The lowest BCUT2D eigenvalue weighted by atomic mass is 10.2. The van der Waals surface area contributed by atoms with E-state index in [1.807, 2.05) is 0 Å². The number of amides is 1. The van der Waals surface area contributed by atoms with Crippen molar-refractivity contribution in [1.82, 2.24) is 0 Å². The van der Waals surface area contributed by atoms with Crippen LogP contribution in [0, 0.1) is 0 Å². The molecule has 1 amide bonds. The molecule has 116 valence electrons. The van der Waals surface area contributed by atoms with Gasteiger partial charge < -0.3 is 36.2 Å². The molecule has 0 aliphatic rings. The largest absolute Gasteiger partial charge is 0.504 e. The first-order valence-corrected chi connectivity index (χ1v) is 6.16. The second-order valence-corrected chi connectivity index (χ2v) is 4.44. The quantitative estimate of drug-likeness (QED) is 0.252. The Morgan fingerprint density at radius 1 is 0.818 bits per heavy atom. The second kappa shape index (κ2) is 6.10. The molecule has 0 aliphatic carbocycles. The van der Waals surface area contributed by atoms with E-state index in [1.165, 1.54) is 24.3 Å².